The van der Waals surface area contributed by atoms with E-state index in [0.29, 0.717) is 0 Å². The zero-order chi connectivity index (χ0) is 14.6. The Bertz CT molecular complexity index is 253. The van der Waals surface area contributed by atoms with Gasteiger partial charge in [0.25, 0.3) is 0 Å². The molecule has 3 heteroatoms. The third-order valence-corrected chi connectivity index (χ3v) is 4.83. The van der Waals surface area contributed by atoms with E-state index in [1.807, 2.05) is 6.92 Å². The molecule has 0 saturated carbocycles. The number of rotatable bonds is 13. The standard InChI is InChI=1S/C16H30OS2/c1-3-4-5-6-7-8-9-10-11-12-13-16(2,14-18)15(17)19/h14H,3-13H2,1-2H3,(H,17,19). The molecule has 0 aromatic carbocycles. The van der Waals surface area contributed by atoms with Crippen LogP contribution in [0, 0.1) is 5.41 Å². The van der Waals surface area contributed by atoms with Crippen LogP contribution in [0.3, 0.4) is 0 Å². The summed E-state index contributed by atoms with van der Waals surface area (Å²) in [6.45, 7) is 4.15. The molecule has 0 aliphatic heterocycles. The fourth-order valence-corrected chi connectivity index (χ4v) is 2.68. The molecule has 0 aromatic rings. The van der Waals surface area contributed by atoms with Gasteiger partial charge in [0, 0.05) is 0 Å². The van der Waals surface area contributed by atoms with E-state index in [2.05, 4.69) is 19.6 Å². The monoisotopic (exact) mass is 302 g/mol. The molecule has 0 radical (unpaired) electrons. The summed E-state index contributed by atoms with van der Waals surface area (Å²) in [7, 11) is 0. The van der Waals surface area contributed by atoms with Crippen LogP contribution in [-0.2, 0) is 4.79 Å². The number of thiocarbonyl (C=S) groups is 1. The van der Waals surface area contributed by atoms with E-state index in [1.165, 1.54) is 57.8 Å². The lowest BCUT2D eigenvalue weighted by Gasteiger charge is -2.20. The lowest BCUT2D eigenvalue weighted by molar-refractivity contribution is -0.115. The van der Waals surface area contributed by atoms with Crippen LogP contribution in [0.15, 0.2) is 0 Å². The Balaban J connectivity index is 3.40. The summed E-state index contributed by atoms with van der Waals surface area (Å²) in [4.78, 5) is 11.4. The fourth-order valence-electron chi connectivity index (χ4n) is 2.20. The van der Waals surface area contributed by atoms with Crippen LogP contribution in [0.25, 0.3) is 0 Å². The number of carbonyl (C=O) groups is 1. The van der Waals surface area contributed by atoms with Crippen molar-refractivity contribution in [2.24, 2.45) is 5.41 Å². The first kappa shape index (κ1) is 19.1. The molecule has 0 heterocycles. The van der Waals surface area contributed by atoms with Crippen molar-refractivity contribution in [3.8, 4) is 0 Å². The highest BCUT2D eigenvalue weighted by Gasteiger charge is 2.26. The van der Waals surface area contributed by atoms with Crippen molar-refractivity contribution >= 4 is 35.3 Å². The van der Waals surface area contributed by atoms with Crippen LogP contribution in [0.2, 0.25) is 0 Å². The molecule has 0 aliphatic rings. The average Bonchev–Trinajstić information content (AvgIpc) is 2.40. The molecule has 0 bridgehead atoms. The summed E-state index contributed by atoms with van der Waals surface area (Å²) in [5, 5.41) is 1.48. The average molecular weight is 303 g/mol. The molecule has 0 rings (SSSR count). The summed E-state index contributed by atoms with van der Waals surface area (Å²) in [5.41, 5.74) is -0.501. The lowest BCUT2D eigenvalue weighted by atomic mass is 9.88. The maximum Gasteiger partial charge on any atom is 0.196 e. The van der Waals surface area contributed by atoms with Gasteiger partial charge >= 0.3 is 0 Å². The highest BCUT2D eigenvalue weighted by Crippen LogP contribution is 2.25. The smallest absolute Gasteiger partial charge is 0.196 e. The summed E-state index contributed by atoms with van der Waals surface area (Å²) >= 11 is 8.86. The number of unbranched alkanes of at least 4 members (excludes halogenated alkanes) is 9. The Labute approximate surface area is 130 Å². The van der Waals surface area contributed by atoms with Gasteiger partial charge in [-0.25, -0.2) is 0 Å². The van der Waals surface area contributed by atoms with Crippen molar-refractivity contribution in [2.45, 2.75) is 84.5 Å². The molecule has 112 valence electrons. The van der Waals surface area contributed by atoms with Gasteiger partial charge in [0.15, 0.2) is 5.12 Å². The fraction of sp³-hybridized carbons (Fsp3) is 0.875. The SMILES string of the molecule is CCCCCCCCCCCCC(C)(C=S)C(=O)S. The second-order valence-electron chi connectivity index (χ2n) is 5.77. The molecule has 1 nitrogen and oxygen atoms in total. The van der Waals surface area contributed by atoms with Crippen LogP contribution < -0.4 is 0 Å². The molecule has 0 amide bonds. The zero-order valence-corrected chi connectivity index (χ0v) is 14.3. The Morgan fingerprint density at radius 1 is 1.00 bits per heavy atom. The van der Waals surface area contributed by atoms with E-state index >= 15 is 0 Å². The minimum absolute atomic E-state index is 0.0987. The minimum Gasteiger partial charge on any atom is -0.286 e. The van der Waals surface area contributed by atoms with Gasteiger partial charge in [0.2, 0.25) is 0 Å². The van der Waals surface area contributed by atoms with Gasteiger partial charge < -0.3 is 0 Å². The van der Waals surface area contributed by atoms with Crippen LogP contribution >= 0.6 is 24.8 Å². The van der Waals surface area contributed by atoms with E-state index in [0.717, 1.165) is 12.8 Å². The summed E-state index contributed by atoms with van der Waals surface area (Å²) < 4.78 is 0. The first-order valence-electron chi connectivity index (χ1n) is 7.76. The van der Waals surface area contributed by atoms with Crippen molar-refractivity contribution < 1.29 is 4.79 Å². The molecular weight excluding hydrogens is 272 g/mol. The quantitative estimate of drug-likeness (QED) is 0.265. The molecule has 19 heavy (non-hydrogen) atoms. The Hall–Kier alpha value is 0.110. The van der Waals surface area contributed by atoms with Crippen molar-refractivity contribution in [2.75, 3.05) is 0 Å². The first-order chi connectivity index (χ1) is 9.06. The van der Waals surface area contributed by atoms with Gasteiger partial charge in [-0.1, -0.05) is 83.3 Å². The third kappa shape index (κ3) is 9.61. The maximum atomic E-state index is 11.4. The topological polar surface area (TPSA) is 17.1 Å². The number of carbonyl (C=O) groups excluding carboxylic acids is 1. The van der Waals surface area contributed by atoms with E-state index in [4.69, 9.17) is 12.2 Å². The van der Waals surface area contributed by atoms with E-state index in [1.54, 1.807) is 5.37 Å². The zero-order valence-electron chi connectivity index (χ0n) is 12.6. The third-order valence-electron chi connectivity index (χ3n) is 3.80. The van der Waals surface area contributed by atoms with E-state index < -0.39 is 5.41 Å². The Morgan fingerprint density at radius 3 is 1.79 bits per heavy atom. The molecule has 0 N–H and O–H groups in total. The van der Waals surface area contributed by atoms with Crippen molar-refractivity contribution in [1.29, 1.82) is 0 Å². The van der Waals surface area contributed by atoms with Crippen LogP contribution in [0.4, 0.5) is 0 Å². The first-order valence-corrected chi connectivity index (χ1v) is 8.68. The normalized spacial score (nSPS) is 14.1. The second-order valence-corrected chi connectivity index (χ2v) is 6.41. The second kappa shape index (κ2) is 11.9. The summed E-state index contributed by atoms with van der Waals surface area (Å²) in [6, 6.07) is 0. The number of hydrogen-bond acceptors (Lipinski definition) is 2. The van der Waals surface area contributed by atoms with Crippen molar-refractivity contribution in [3.63, 3.8) is 0 Å². The van der Waals surface area contributed by atoms with Gasteiger partial charge in [0.05, 0.1) is 5.41 Å². The molecule has 1 unspecified atom stereocenters. The van der Waals surface area contributed by atoms with Gasteiger partial charge in [0.1, 0.15) is 0 Å². The molecule has 0 aromatic heterocycles. The van der Waals surface area contributed by atoms with Gasteiger partial charge in [-0.05, 0) is 18.7 Å². The van der Waals surface area contributed by atoms with E-state index in [-0.39, 0.29) is 5.12 Å². The summed E-state index contributed by atoms with van der Waals surface area (Å²) in [6.07, 6.45) is 14.0. The van der Waals surface area contributed by atoms with Crippen molar-refractivity contribution in [3.05, 3.63) is 0 Å². The predicted molar refractivity (Wildman–Crippen MR) is 92.2 cm³/mol. The summed E-state index contributed by atoms with van der Waals surface area (Å²) in [5.74, 6) is 0. The van der Waals surface area contributed by atoms with Gasteiger partial charge in [-0.2, -0.15) is 0 Å². The van der Waals surface area contributed by atoms with Crippen molar-refractivity contribution in [1.82, 2.24) is 0 Å². The maximum absolute atomic E-state index is 11.4. The molecule has 0 fully saturated rings. The predicted octanol–water partition coefficient (Wildman–Crippen LogP) is 5.76. The van der Waals surface area contributed by atoms with Crippen LogP contribution in [-0.4, -0.2) is 10.5 Å². The highest BCUT2D eigenvalue weighted by molar-refractivity contribution is 7.97. The largest absolute Gasteiger partial charge is 0.286 e. The molecule has 0 spiro atoms. The van der Waals surface area contributed by atoms with Gasteiger partial charge in [-0.15, -0.1) is 12.6 Å². The highest BCUT2D eigenvalue weighted by atomic mass is 32.1. The number of hydrogen-bond donors (Lipinski definition) is 1. The van der Waals surface area contributed by atoms with E-state index in [9.17, 15) is 4.79 Å². The lowest BCUT2D eigenvalue weighted by Crippen LogP contribution is -2.24. The molecule has 0 aliphatic carbocycles. The van der Waals surface area contributed by atoms with Crippen LogP contribution in [0.5, 0.6) is 0 Å². The number of thiol groups is 1. The van der Waals surface area contributed by atoms with Crippen LogP contribution in [0.1, 0.15) is 84.5 Å². The molecule has 1 atom stereocenters. The Morgan fingerprint density at radius 2 is 1.42 bits per heavy atom. The Kier molecular flexibility index (Phi) is 12.0. The molecule has 0 saturated heterocycles. The van der Waals surface area contributed by atoms with Gasteiger partial charge in [-0.3, -0.25) is 4.79 Å². The minimum atomic E-state index is -0.501. The molecular formula is C16H30OS2.